The van der Waals surface area contributed by atoms with E-state index in [-0.39, 0.29) is 25.8 Å². The standard InChI is InChI=1S/C20H13BrCl2F6N2O4S/c21-14-3-10(1-2-16(14)36(33,34)8-17(32)30-9-19(24,25)26)15-7-18(35-31-15,20(27,28)29)11-4-12(22)6-13(23)5-11/h1-6H,7-9H2,(H,30,32). The number of carbonyl (C=O) groups is 1. The molecule has 1 heterocycles. The average Bonchev–Trinajstić information content (AvgIpc) is 3.17. The van der Waals surface area contributed by atoms with E-state index in [1.165, 1.54) is 11.4 Å². The van der Waals surface area contributed by atoms with Gasteiger partial charge < -0.3 is 10.2 Å². The van der Waals surface area contributed by atoms with Gasteiger partial charge in [-0.15, -0.1) is 0 Å². The van der Waals surface area contributed by atoms with E-state index in [9.17, 15) is 39.6 Å². The summed E-state index contributed by atoms with van der Waals surface area (Å²) in [6.45, 7) is -1.71. The first kappa shape index (κ1) is 28.5. The van der Waals surface area contributed by atoms with Crippen LogP contribution in [0.1, 0.15) is 17.5 Å². The fraction of sp³-hybridized carbons (Fsp3) is 0.300. The first-order valence-electron chi connectivity index (χ1n) is 9.58. The van der Waals surface area contributed by atoms with Gasteiger partial charge in [-0.1, -0.05) is 34.4 Å². The van der Waals surface area contributed by atoms with Crippen molar-refractivity contribution in [1.82, 2.24) is 5.32 Å². The maximum atomic E-state index is 14.1. The second-order valence-corrected chi connectivity index (χ2v) is 11.3. The molecule has 6 nitrogen and oxygen atoms in total. The minimum Gasteiger partial charge on any atom is -0.374 e. The molecule has 0 spiro atoms. The molecule has 0 aliphatic carbocycles. The molecule has 0 bridgehead atoms. The van der Waals surface area contributed by atoms with Crippen LogP contribution >= 0.6 is 39.1 Å². The van der Waals surface area contributed by atoms with Crippen molar-refractivity contribution in [1.29, 1.82) is 0 Å². The smallest absolute Gasteiger partial charge is 0.374 e. The lowest BCUT2D eigenvalue weighted by Gasteiger charge is -2.29. The highest BCUT2D eigenvalue weighted by atomic mass is 79.9. The van der Waals surface area contributed by atoms with Crippen LogP contribution in [0.15, 0.2) is 50.9 Å². The molecule has 16 heteroatoms. The first-order valence-corrected chi connectivity index (χ1v) is 12.8. The van der Waals surface area contributed by atoms with E-state index in [0.29, 0.717) is 0 Å². The SMILES string of the molecule is O=C(CS(=O)(=O)c1ccc(C2=NOC(c3cc(Cl)cc(Cl)c3)(C(F)(F)F)C2)cc1Br)NCC(F)(F)F. The second-order valence-electron chi connectivity index (χ2n) is 7.59. The monoisotopic (exact) mass is 640 g/mol. The molecule has 1 unspecified atom stereocenters. The Kier molecular flexibility index (Phi) is 7.95. The van der Waals surface area contributed by atoms with Gasteiger partial charge in [0.05, 0.1) is 10.6 Å². The molecule has 1 N–H and O–H groups in total. The van der Waals surface area contributed by atoms with Gasteiger partial charge in [0, 0.05) is 32.1 Å². The number of hydrogen-bond acceptors (Lipinski definition) is 5. The van der Waals surface area contributed by atoms with Crippen LogP contribution in [-0.4, -0.2) is 44.7 Å². The van der Waals surface area contributed by atoms with Crippen LogP contribution in [0.3, 0.4) is 0 Å². The maximum Gasteiger partial charge on any atom is 0.435 e. The van der Waals surface area contributed by atoms with Crippen LogP contribution < -0.4 is 5.32 Å². The highest BCUT2D eigenvalue weighted by Crippen LogP contribution is 2.49. The topological polar surface area (TPSA) is 84.8 Å². The second kappa shape index (κ2) is 10.0. The minimum atomic E-state index is -4.95. The molecule has 0 radical (unpaired) electrons. The van der Waals surface area contributed by atoms with E-state index >= 15 is 0 Å². The normalized spacial score (nSPS) is 18.5. The first-order chi connectivity index (χ1) is 16.4. The average molecular weight is 642 g/mol. The van der Waals surface area contributed by atoms with Gasteiger partial charge in [0.25, 0.3) is 5.60 Å². The summed E-state index contributed by atoms with van der Waals surface area (Å²) in [6, 6.07) is 6.57. The van der Waals surface area contributed by atoms with E-state index in [0.717, 1.165) is 30.3 Å². The maximum absolute atomic E-state index is 14.1. The zero-order chi connectivity index (χ0) is 27.1. The number of alkyl halides is 6. The largest absolute Gasteiger partial charge is 0.435 e. The van der Waals surface area contributed by atoms with Gasteiger partial charge in [-0.05, 0) is 46.3 Å². The highest BCUT2D eigenvalue weighted by Gasteiger charge is 2.62. The lowest BCUT2D eigenvalue weighted by molar-refractivity contribution is -0.275. The Bertz CT molecular complexity index is 1310. The molecule has 0 saturated heterocycles. The van der Waals surface area contributed by atoms with Crippen molar-refractivity contribution >= 4 is 60.6 Å². The number of carbonyl (C=O) groups excluding carboxylic acids is 1. The minimum absolute atomic E-state index is 0.0570. The molecule has 1 amide bonds. The fourth-order valence-corrected chi connectivity index (χ4v) is 6.16. The highest BCUT2D eigenvalue weighted by molar-refractivity contribution is 9.10. The van der Waals surface area contributed by atoms with E-state index < -0.39 is 62.9 Å². The number of oxime groups is 1. The predicted octanol–water partition coefficient (Wildman–Crippen LogP) is 5.79. The summed E-state index contributed by atoms with van der Waals surface area (Å²) in [5.74, 6) is -2.66. The molecular formula is C20H13BrCl2F6N2O4S. The Morgan fingerprint density at radius 3 is 2.22 bits per heavy atom. The molecular weight excluding hydrogens is 629 g/mol. The molecule has 196 valence electrons. The van der Waals surface area contributed by atoms with E-state index in [4.69, 9.17) is 28.0 Å². The Labute approximate surface area is 218 Å². The van der Waals surface area contributed by atoms with Gasteiger partial charge in [0.2, 0.25) is 5.91 Å². The number of hydrogen-bond donors (Lipinski definition) is 1. The van der Waals surface area contributed by atoms with Gasteiger partial charge in [0.1, 0.15) is 12.3 Å². The third-order valence-electron chi connectivity index (χ3n) is 4.92. The fourth-order valence-electron chi connectivity index (χ4n) is 3.28. The van der Waals surface area contributed by atoms with Gasteiger partial charge >= 0.3 is 12.4 Å². The van der Waals surface area contributed by atoms with Crippen molar-refractivity contribution in [3.63, 3.8) is 0 Å². The summed E-state index contributed by atoms with van der Waals surface area (Å²) in [5, 5.41) is 4.89. The van der Waals surface area contributed by atoms with Crippen molar-refractivity contribution in [2.24, 2.45) is 5.16 Å². The van der Waals surface area contributed by atoms with E-state index in [2.05, 4.69) is 21.1 Å². The summed E-state index contributed by atoms with van der Waals surface area (Å²) in [5.41, 5.74) is -3.43. The number of nitrogens with one attached hydrogen (secondary N) is 1. The number of amides is 1. The van der Waals surface area contributed by atoms with Crippen LogP contribution in [-0.2, 0) is 25.1 Å². The van der Waals surface area contributed by atoms with Gasteiger partial charge in [-0.3, -0.25) is 4.79 Å². The van der Waals surface area contributed by atoms with Crippen LogP contribution in [0.5, 0.6) is 0 Å². The Hall–Kier alpha value is -2.03. The molecule has 1 aliphatic rings. The summed E-state index contributed by atoms with van der Waals surface area (Å²) >= 11 is 14.7. The van der Waals surface area contributed by atoms with E-state index in [1.54, 1.807) is 0 Å². The number of halogens is 9. The van der Waals surface area contributed by atoms with E-state index in [1.807, 2.05) is 0 Å². The molecule has 3 rings (SSSR count). The zero-order valence-corrected chi connectivity index (χ0v) is 21.4. The van der Waals surface area contributed by atoms with Crippen molar-refractivity contribution in [3.8, 4) is 0 Å². The molecule has 2 aromatic rings. The Morgan fingerprint density at radius 1 is 1.08 bits per heavy atom. The van der Waals surface area contributed by atoms with Crippen molar-refractivity contribution in [3.05, 3.63) is 62.0 Å². The third-order valence-corrected chi connectivity index (χ3v) is 7.95. The molecule has 0 saturated carbocycles. The summed E-state index contributed by atoms with van der Waals surface area (Å²) in [7, 11) is -4.40. The molecule has 0 fully saturated rings. The lowest BCUT2D eigenvalue weighted by atomic mass is 9.86. The lowest BCUT2D eigenvalue weighted by Crippen LogP contribution is -2.42. The summed E-state index contributed by atoms with van der Waals surface area (Å²) < 4.78 is 104. The Balaban J connectivity index is 1.86. The summed E-state index contributed by atoms with van der Waals surface area (Å²) in [4.78, 5) is 16.1. The van der Waals surface area contributed by atoms with Gasteiger partial charge in [0.15, 0.2) is 9.84 Å². The summed E-state index contributed by atoms with van der Waals surface area (Å²) in [6.07, 6.45) is -10.5. The van der Waals surface area contributed by atoms with Crippen LogP contribution in [0.25, 0.3) is 0 Å². The van der Waals surface area contributed by atoms with Crippen LogP contribution in [0.4, 0.5) is 26.3 Å². The number of benzene rings is 2. The molecule has 1 aliphatic heterocycles. The predicted molar refractivity (Wildman–Crippen MR) is 122 cm³/mol. The van der Waals surface area contributed by atoms with Crippen molar-refractivity contribution in [2.45, 2.75) is 29.3 Å². The quantitative estimate of drug-likeness (QED) is 0.405. The number of rotatable bonds is 6. The van der Waals surface area contributed by atoms with Crippen molar-refractivity contribution in [2.75, 3.05) is 12.3 Å². The Morgan fingerprint density at radius 2 is 1.69 bits per heavy atom. The zero-order valence-electron chi connectivity index (χ0n) is 17.5. The van der Waals surface area contributed by atoms with Gasteiger partial charge in [-0.25, -0.2) is 8.42 Å². The van der Waals surface area contributed by atoms with Gasteiger partial charge in [-0.2, -0.15) is 26.3 Å². The van der Waals surface area contributed by atoms with Crippen molar-refractivity contribution < 1.29 is 44.4 Å². The number of nitrogens with zero attached hydrogens (tertiary/aromatic N) is 1. The molecule has 0 aromatic heterocycles. The molecule has 2 aromatic carbocycles. The third kappa shape index (κ3) is 6.26. The molecule has 36 heavy (non-hydrogen) atoms. The molecule has 1 atom stereocenters. The number of sulfone groups is 1. The van der Waals surface area contributed by atoms with Crippen LogP contribution in [0.2, 0.25) is 10.0 Å². The van der Waals surface area contributed by atoms with Crippen LogP contribution in [0, 0.1) is 0 Å².